The van der Waals surface area contributed by atoms with E-state index in [-0.39, 0.29) is 9.79 Å². The molecule has 0 unspecified atom stereocenters. The molecule has 0 aromatic heterocycles. The molecular weight excluding hydrogens is 330 g/mol. The summed E-state index contributed by atoms with van der Waals surface area (Å²) in [7, 11) is -7.51. The van der Waals surface area contributed by atoms with Crippen molar-refractivity contribution < 1.29 is 21.6 Å². The summed E-state index contributed by atoms with van der Waals surface area (Å²) in [5.41, 5.74) is 1.97. The first-order valence-electron chi connectivity index (χ1n) is 6.62. The molecule has 1 heterocycles. The minimum atomic E-state index is -3.93. The van der Waals surface area contributed by atoms with Gasteiger partial charge in [0.25, 0.3) is 10.0 Å². The number of benzene rings is 1. The molecule has 0 radical (unpaired) electrons. The molecule has 8 nitrogen and oxygen atoms in total. The fourth-order valence-corrected chi connectivity index (χ4v) is 4.47. The van der Waals surface area contributed by atoms with E-state index in [0.717, 1.165) is 19.8 Å². The summed E-state index contributed by atoms with van der Waals surface area (Å²) in [6.07, 6.45) is 1.65. The number of hydrogen-bond acceptors (Lipinski definition) is 5. The van der Waals surface area contributed by atoms with Crippen LogP contribution in [-0.2, 0) is 24.8 Å². The van der Waals surface area contributed by atoms with Gasteiger partial charge in [-0.25, -0.2) is 16.8 Å². The lowest BCUT2D eigenvalue weighted by Crippen LogP contribution is -2.40. The van der Waals surface area contributed by atoms with Crippen LogP contribution in [0.25, 0.3) is 0 Å². The van der Waals surface area contributed by atoms with Gasteiger partial charge in [-0.1, -0.05) is 0 Å². The van der Waals surface area contributed by atoms with Crippen LogP contribution in [0.3, 0.4) is 0 Å². The molecule has 0 spiro atoms. The van der Waals surface area contributed by atoms with Crippen LogP contribution in [0.1, 0.15) is 19.8 Å². The maximum atomic E-state index is 12.3. The largest absolute Gasteiger partial charge is 0.278 e. The van der Waals surface area contributed by atoms with Crippen molar-refractivity contribution in [1.29, 1.82) is 0 Å². The second kappa shape index (κ2) is 6.32. The predicted molar refractivity (Wildman–Crippen MR) is 78.6 cm³/mol. The van der Waals surface area contributed by atoms with Crippen molar-refractivity contribution in [3.8, 4) is 0 Å². The molecule has 1 aliphatic heterocycles. The third-order valence-electron chi connectivity index (χ3n) is 3.20. The highest BCUT2D eigenvalue weighted by Crippen LogP contribution is 2.21. The van der Waals surface area contributed by atoms with E-state index in [1.165, 1.54) is 28.6 Å². The van der Waals surface area contributed by atoms with Crippen LogP contribution in [0.5, 0.6) is 0 Å². The van der Waals surface area contributed by atoms with E-state index in [9.17, 15) is 21.6 Å². The van der Waals surface area contributed by atoms with Crippen LogP contribution in [0.2, 0.25) is 0 Å². The minimum Gasteiger partial charge on any atom is -0.278 e. The van der Waals surface area contributed by atoms with Gasteiger partial charge in [0.05, 0.1) is 9.79 Å². The Labute approximate surface area is 129 Å². The zero-order chi connectivity index (χ0) is 16.4. The number of carbonyl (C=O) groups excluding carboxylic acids is 1. The van der Waals surface area contributed by atoms with Crippen molar-refractivity contribution in [2.24, 2.45) is 0 Å². The SMILES string of the molecule is CC(=O)NNS(=O)(=O)c1ccc(S(=O)(=O)N2CCCC2)cc1. The Morgan fingerprint density at radius 2 is 1.50 bits per heavy atom. The van der Waals surface area contributed by atoms with Crippen LogP contribution >= 0.6 is 0 Å². The fourth-order valence-electron chi connectivity index (χ4n) is 2.07. The van der Waals surface area contributed by atoms with Gasteiger partial charge in [0.15, 0.2) is 0 Å². The number of carbonyl (C=O) groups is 1. The summed E-state index contributed by atoms with van der Waals surface area (Å²) in [4.78, 5) is 12.5. The highest BCUT2D eigenvalue weighted by atomic mass is 32.2. The number of hydrazine groups is 1. The number of nitrogens with zero attached hydrogens (tertiary/aromatic N) is 1. The van der Waals surface area contributed by atoms with E-state index in [1.807, 2.05) is 10.3 Å². The smallest absolute Gasteiger partial charge is 0.257 e. The summed E-state index contributed by atoms with van der Waals surface area (Å²) in [6, 6.07) is 4.87. The van der Waals surface area contributed by atoms with E-state index >= 15 is 0 Å². The van der Waals surface area contributed by atoms with E-state index in [2.05, 4.69) is 0 Å². The van der Waals surface area contributed by atoms with Crippen LogP contribution in [0.4, 0.5) is 0 Å². The minimum absolute atomic E-state index is 0.0490. The Morgan fingerprint density at radius 1 is 1.00 bits per heavy atom. The van der Waals surface area contributed by atoms with E-state index in [4.69, 9.17) is 0 Å². The van der Waals surface area contributed by atoms with Gasteiger partial charge in [-0.05, 0) is 37.1 Å². The van der Waals surface area contributed by atoms with E-state index < -0.39 is 26.0 Å². The van der Waals surface area contributed by atoms with Gasteiger partial charge in [0, 0.05) is 20.0 Å². The summed E-state index contributed by atoms with van der Waals surface area (Å²) >= 11 is 0. The Morgan fingerprint density at radius 3 is 2.00 bits per heavy atom. The van der Waals surface area contributed by atoms with Gasteiger partial charge in [-0.2, -0.15) is 4.31 Å². The zero-order valence-corrected chi connectivity index (χ0v) is 13.6. The molecule has 1 aromatic rings. The summed E-state index contributed by atoms with van der Waals surface area (Å²) in [6.45, 7) is 2.12. The highest BCUT2D eigenvalue weighted by Gasteiger charge is 2.27. The topological polar surface area (TPSA) is 113 Å². The molecule has 0 aliphatic carbocycles. The van der Waals surface area contributed by atoms with Crippen LogP contribution in [0.15, 0.2) is 34.1 Å². The fraction of sp³-hybridized carbons (Fsp3) is 0.417. The average Bonchev–Trinajstić information content (AvgIpc) is 3.00. The molecule has 0 bridgehead atoms. The number of hydrogen-bond donors (Lipinski definition) is 2. The maximum Gasteiger partial charge on any atom is 0.257 e. The predicted octanol–water partition coefficient (Wildman–Crippen LogP) is -0.199. The molecule has 1 aliphatic rings. The lowest BCUT2D eigenvalue weighted by Gasteiger charge is -2.15. The van der Waals surface area contributed by atoms with Crippen molar-refractivity contribution in [2.75, 3.05) is 13.1 Å². The molecule has 10 heteroatoms. The molecule has 0 atom stereocenters. The molecule has 1 aromatic carbocycles. The highest BCUT2D eigenvalue weighted by molar-refractivity contribution is 7.89. The van der Waals surface area contributed by atoms with Crippen molar-refractivity contribution in [1.82, 2.24) is 14.6 Å². The van der Waals surface area contributed by atoms with Crippen molar-refractivity contribution in [3.05, 3.63) is 24.3 Å². The first kappa shape index (κ1) is 16.9. The number of nitrogens with one attached hydrogen (secondary N) is 2. The molecule has 122 valence electrons. The van der Waals surface area contributed by atoms with Crippen molar-refractivity contribution >= 4 is 26.0 Å². The van der Waals surface area contributed by atoms with Crippen LogP contribution in [0, 0.1) is 0 Å². The van der Waals surface area contributed by atoms with Gasteiger partial charge in [-0.3, -0.25) is 10.2 Å². The van der Waals surface area contributed by atoms with Crippen LogP contribution < -0.4 is 10.3 Å². The zero-order valence-electron chi connectivity index (χ0n) is 11.9. The number of sulfonamides is 2. The van der Waals surface area contributed by atoms with Crippen molar-refractivity contribution in [3.63, 3.8) is 0 Å². The van der Waals surface area contributed by atoms with Gasteiger partial charge < -0.3 is 0 Å². The summed E-state index contributed by atoms with van der Waals surface area (Å²) in [5.74, 6) is -0.559. The monoisotopic (exact) mass is 347 g/mol. The second-order valence-electron chi connectivity index (χ2n) is 4.87. The molecule has 1 fully saturated rings. The van der Waals surface area contributed by atoms with Gasteiger partial charge >= 0.3 is 0 Å². The summed E-state index contributed by atoms with van der Waals surface area (Å²) in [5, 5.41) is 0. The molecular formula is C12H17N3O5S2. The molecule has 2 rings (SSSR count). The van der Waals surface area contributed by atoms with E-state index in [1.54, 1.807) is 0 Å². The summed E-state index contributed by atoms with van der Waals surface area (Å²) < 4.78 is 49.7. The number of amides is 1. The average molecular weight is 347 g/mol. The normalized spacial score (nSPS) is 16.6. The number of rotatable bonds is 5. The first-order valence-corrected chi connectivity index (χ1v) is 9.54. The Balaban J connectivity index is 2.21. The lowest BCUT2D eigenvalue weighted by atomic mass is 10.4. The molecule has 22 heavy (non-hydrogen) atoms. The first-order chi connectivity index (χ1) is 10.2. The molecule has 0 saturated carbocycles. The molecule has 2 N–H and O–H groups in total. The second-order valence-corrected chi connectivity index (χ2v) is 8.49. The third kappa shape index (κ3) is 3.64. The lowest BCUT2D eigenvalue weighted by molar-refractivity contribution is -0.119. The van der Waals surface area contributed by atoms with Gasteiger partial charge in [-0.15, -0.1) is 4.83 Å². The van der Waals surface area contributed by atoms with Gasteiger partial charge in [0.1, 0.15) is 0 Å². The Kier molecular flexibility index (Phi) is 4.85. The van der Waals surface area contributed by atoms with Crippen LogP contribution in [-0.4, -0.2) is 40.1 Å². The van der Waals surface area contributed by atoms with Crippen molar-refractivity contribution in [2.45, 2.75) is 29.6 Å². The Hall–Kier alpha value is -1.49. The quantitative estimate of drug-likeness (QED) is 0.716. The third-order valence-corrected chi connectivity index (χ3v) is 6.37. The molecule has 1 saturated heterocycles. The van der Waals surface area contributed by atoms with Gasteiger partial charge in [0.2, 0.25) is 15.9 Å². The Bertz CT molecular complexity index is 750. The maximum absolute atomic E-state index is 12.3. The molecule has 1 amide bonds. The van der Waals surface area contributed by atoms with E-state index in [0.29, 0.717) is 13.1 Å². The standard InChI is InChI=1S/C12H17N3O5S2/c1-10(16)13-14-21(17,18)11-4-6-12(7-5-11)22(19,20)15-8-2-3-9-15/h4-7,14H,2-3,8-9H2,1H3,(H,13,16).